The van der Waals surface area contributed by atoms with Gasteiger partial charge in [-0.2, -0.15) is 13.2 Å². The Kier molecular flexibility index (Phi) is 4.97. The smallest absolute Gasteiger partial charge is 0.419 e. The fraction of sp³-hybridized carbons (Fsp3) is 0.263. The summed E-state index contributed by atoms with van der Waals surface area (Å²) in [6.45, 7) is 0.661. The zero-order chi connectivity index (χ0) is 18.7. The van der Waals surface area contributed by atoms with Gasteiger partial charge >= 0.3 is 12.1 Å². The Hall–Kier alpha value is -2.83. The lowest BCUT2D eigenvalue weighted by atomic mass is 10.1. The number of halogens is 3. The van der Waals surface area contributed by atoms with Crippen molar-refractivity contribution in [1.82, 2.24) is 0 Å². The quantitative estimate of drug-likeness (QED) is 0.610. The molecule has 3 rings (SSSR count). The molecule has 1 saturated heterocycles. The van der Waals surface area contributed by atoms with E-state index in [0.717, 1.165) is 24.2 Å². The Morgan fingerprint density at radius 1 is 1.08 bits per heavy atom. The molecule has 1 aliphatic heterocycles. The summed E-state index contributed by atoms with van der Waals surface area (Å²) in [6.07, 6.45) is -3.43. The van der Waals surface area contributed by atoms with Crippen molar-refractivity contribution in [2.24, 2.45) is 0 Å². The average Bonchev–Trinajstić information content (AvgIpc) is 3.01. The number of nitrogens with zero attached hydrogens (tertiary/aromatic N) is 1. The van der Waals surface area contributed by atoms with Gasteiger partial charge in [0, 0.05) is 18.7 Å². The number of hydrogen-bond donors (Lipinski definition) is 0. The molecular weight excluding hydrogens is 347 g/mol. The highest BCUT2D eigenvalue weighted by Gasteiger charge is 2.34. The molecule has 26 heavy (non-hydrogen) atoms. The normalized spacial score (nSPS) is 14.6. The maximum absolute atomic E-state index is 12.9. The molecule has 0 atom stereocenters. The second-order valence-electron chi connectivity index (χ2n) is 5.96. The van der Waals surface area contributed by atoms with Crippen LogP contribution in [-0.4, -0.2) is 18.4 Å². The van der Waals surface area contributed by atoms with Crippen LogP contribution in [0.4, 0.5) is 18.9 Å². The number of carbonyl (C=O) groups excluding carboxylic acids is 2. The van der Waals surface area contributed by atoms with Crippen LogP contribution >= 0.6 is 0 Å². The molecule has 7 heteroatoms. The molecule has 0 aliphatic carbocycles. The number of benzene rings is 2. The van der Waals surface area contributed by atoms with E-state index in [-0.39, 0.29) is 12.3 Å². The molecule has 1 heterocycles. The fourth-order valence-electron chi connectivity index (χ4n) is 2.83. The third-order valence-corrected chi connectivity index (χ3v) is 4.09. The van der Waals surface area contributed by atoms with Gasteiger partial charge in [-0.25, -0.2) is 0 Å². The standard InChI is InChI=1S/C19H16F3NO3/c20-19(21,22)15-4-1-2-5-16(15)26-18(25)12-13-7-9-14(10-8-13)23-11-3-6-17(23)24/h1-2,4-5,7-10H,3,6,11-12H2. The van der Waals surface area contributed by atoms with Gasteiger partial charge in [-0.3, -0.25) is 9.59 Å². The lowest BCUT2D eigenvalue weighted by molar-refractivity contribution is -0.142. The van der Waals surface area contributed by atoms with Crippen LogP contribution in [0.15, 0.2) is 48.5 Å². The molecule has 2 aromatic rings. The molecule has 0 unspecified atom stereocenters. The Balaban J connectivity index is 1.67. The van der Waals surface area contributed by atoms with Gasteiger partial charge in [0.15, 0.2) is 0 Å². The second-order valence-corrected chi connectivity index (χ2v) is 5.96. The van der Waals surface area contributed by atoms with Crippen molar-refractivity contribution in [2.45, 2.75) is 25.4 Å². The number of amides is 1. The second kappa shape index (κ2) is 7.19. The molecular formula is C19H16F3NO3. The first-order chi connectivity index (χ1) is 12.3. The summed E-state index contributed by atoms with van der Waals surface area (Å²) >= 11 is 0. The molecule has 0 radical (unpaired) electrons. The minimum Gasteiger partial charge on any atom is -0.426 e. The zero-order valence-corrected chi connectivity index (χ0v) is 13.8. The van der Waals surface area contributed by atoms with Crippen LogP contribution in [0.5, 0.6) is 5.75 Å². The Bertz CT molecular complexity index is 816. The van der Waals surface area contributed by atoms with E-state index in [1.54, 1.807) is 29.2 Å². The molecule has 0 N–H and O–H groups in total. The molecule has 1 fully saturated rings. The predicted molar refractivity (Wildman–Crippen MR) is 88.8 cm³/mol. The van der Waals surface area contributed by atoms with Gasteiger partial charge in [0.05, 0.1) is 12.0 Å². The summed E-state index contributed by atoms with van der Waals surface area (Å²) in [5.74, 6) is -1.24. The van der Waals surface area contributed by atoms with Crippen LogP contribution in [0, 0.1) is 0 Å². The lowest BCUT2D eigenvalue weighted by Gasteiger charge is -2.16. The Morgan fingerprint density at radius 3 is 2.38 bits per heavy atom. The van der Waals surface area contributed by atoms with Crippen molar-refractivity contribution in [1.29, 1.82) is 0 Å². The monoisotopic (exact) mass is 363 g/mol. The van der Waals surface area contributed by atoms with Gasteiger partial charge in [0.2, 0.25) is 5.91 Å². The largest absolute Gasteiger partial charge is 0.426 e. The van der Waals surface area contributed by atoms with Gasteiger partial charge in [0.1, 0.15) is 5.75 Å². The molecule has 0 aromatic heterocycles. The van der Waals surface area contributed by atoms with Gasteiger partial charge < -0.3 is 9.64 Å². The van der Waals surface area contributed by atoms with Gasteiger partial charge in [-0.15, -0.1) is 0 Å². The number of ether oxygens (including phenoxy) is 1. The molecule has 1 aliphatic rings. The van der Waals surface area contributed by atoms with Gasteiger partial charge in [-0.1, -0.05) is 24.3 Å². The summed E-state index contributed by atoms with van der Waals surface area (Å²) in [7, 11) is 0. The van der Waals surface area contributed by atoms with Crippen LogP contribution in [0.3, 0.4) is 0 Å². The highest BCUT2D eigenvalue weighted by molar-refractivity contribution is 5.95. The number of anilines is 1. The fourth-order valence-corrected chi connectivity index (χ4v) is 2.83. The zero-order valence-electron chi connectivity index (χ0n) is 13.8. The van der Waals surface area contributed by atoms with Crippen molar-refractivity contribution >= 4 is 17.6 Å². The summed E-state index contributed by atoms with van der Waals surface area (Å²) in [5, 5.41) is 0. The number of para-hydroxylation sites is 1. The van der Waals surface area contributed by atoms with Crippen LogP contribution in [-0.2, 0) is 22.2 Å². The van der Waals surface area contributed by atoms with E-state index in [0.29, 0.717) is 18.5 Å². The molecule has 0 saturated carbocycles. The number of hydrogen-bond acceptors (Lipinski definition) is 3. The minimum atomic E-state index is -4.60. The van der Waals surface area contributed by atoms with Gasteiger partial charge in [-0.05, 0) is 36.2 Å². The van der Waals surface area contributed by atoms with E-state index in [1.165, 1.54) is 12.1 Å². The SMILES string of the molecule is O=C(Cc1ccc(N2CCCC2=O)cc1)Oc1ccccc1C(F)(F)F. The number of rotatable bonds is 4. The first-order valence-corrected chi connectivity index (χ1v) is 8.11. The molecule has 4 nitrogen and oxygen atoms in total. The lowest BCUT2D eigenvalue weighted by Crippen LogP contribution is -2.23. The average molecular weight is 363 g/mol. The van der Waals surface area contributed by atoms with Crippen molar-refractivity contribution in [2.75, 3.05) is 11.4 Å². The highest BCUT2D eigenvalue weighted by Crippen LogP contribution is 2.36. The van der Waals surface area contributed by atoms with Crippen LogP contribution in [0.2, 0.25) is 0 Å². The number of carbonyl (C=O) groups is 2. The Morgan fingerprint density at radius 2 is 1.77 bits per heavy atom. The summed E-state index contributed by atoms with van der Waals surface area (Å²) < 4.78 is 43.7. The van der Waals surface area contributed by atoms with E-state index >= 15 is 0 Å². The predicted octanol–water partition coefficient (Wildman–Crippen LogP) is 3.98. The summed E-state index contributed by atoms with van der Waals surface area (Å²) in [6, 6.07) is 11.4. The van der Waals surface area contributed by atoms with E-state index in [2.05, 4.69) is 0 Å². The van der Waals surface area contributed by atoms with Gasteiger partial charge in [0.25, 0.3) is 0 Å². The highest BCUT2D eigenvalue weighted by atomic mass is 19.4. The first-order valence-electron chi connectivity index (χ1n) is 8.11. The molecule has 2 aromatic carbocycles. The molecule has 0 spiro atoms. The van der Waals surface area contributed by atoms with Crippen molar-refractivity contribution < 1.29 is 27.5 Å². The van der Waals surface area contributed by atoms with Crippen LogP contribution in [0.25, 0.3) is 0 Å². The molecule has 136 valence electrons. The minimum absolute atomic E-state index is 0.0564. The number of esters is 1. The van der Waals surface area contributed by atoms with Crippen molar-refractivity contribution in [3.63, 3.8) is 0 Å². The molecule has 1 amide bonds. The van der Waals surface area contributed by atoms with E-state index in [9.17, 15) is 22.8 Å². The van der Waals surface area contributed by atoms with Crippen molar-refractivity contribution in [3.05, 3.63) is 59.7 Å². The maximum Gasteiger partial charge on any atom is 0.419 e. The third-order valence-electron chi connectivity index (χ3n) is 4.09. The topological polar surface area (TPSA) is 46.6 Å². The van der Waals surface area contributed by atoms with Crippen LogP contribution in [0.1, 0.15) is 24.0 Å². The number of alkyl halides is 3. The molecule has 0 bridgehead atoms. The van der Waals surface area contributed by atoms with Crippen molar-refractivity contribution in [3.8, 4) is 5.75 Å². The first kappa shape index (κ1) is 18.0. The van der Waals surface area contributed by atoms with E-state index in [4.69, 9.17) is 4.74 Å². The van der Waals surface area contributed by atoms with Crippen LogP contribution < -0.4 is 9.64 Å². The summed E-state index contributed by atoms with van der Waals surface area (Å²) in [4.78, 5) is 25.4. The van der Waals surface area contributed by atoms with E-state index in [1.807, 2.05) is 0 Å². The maximum atomic E-state index is 12.9. The Labute approximate surface area is 148 Å². The third kappa shape index (κ3) is 4.04. The summed E-state index contributed by atoms with van der Waals surface area (Å²) in [5.41, 5.74) is 0.346. The van der Waals surface area contributed by atoms with E-state index < -0.39 is 23.5 Å².